The fourth-order valence-electron chi connectivity index (χ4n) is 3.16. The number of nitrogens with one attached hydrogen (secondary N) is 2. The molecule has 0 saturated heterocycles. The molecule has 2 aliphatic rings. The van der Waals surface area contributed by atoms with Crippen molar-refractivity contribution in [3.63, 3.8) is 0 Å². The number of amides is 1. The van der Waals surface area contributed by atoms with Crippen molar-refractivity contribution in [2.45, 2.75) is 24.7 Å². The Labute approximate surface area is 172 Å². The van der Waals surface area contributed by atoms with Crippen LogP contribution in [0.1, 0.15) is 23.0 Å². The van der Waals surface area contributed by atoms with Gasteiger partial charge in [0.2, 0.25) is 0 Å². The second kappa shape index (κ2) is 7.48. The third-order valence-electron chi connectivity index (χ3n) is 4.59. The van der Waals surface area contributed by atoms with Crippen LogP contribution >= 0.6 is 11.6 Å². The van der Waals surface area contributed by atoms with E-state index >= 15 is 0 Å². The zero-order valence-corrected chi connectivity index (χ0v) is 15.7. The molecule has 1 aromatic carbocycles. The first kappa shape index (κ1) is 20.0. The lowest BCUT2D eigenvalue weighted by molar-refractivity contribution is -0.200. The van der Waals surface area contributed by atoms with E-state index in [-0.39, 0.29) is 34.4 Å². The molecule has 0 radical (unpaired) electrons. The second-order valence-electron chi connectivity index (χ2n) is 6.58. The van der Waals surface area contributed by atoms with E-state index in [1.54, 1.807) is 0 Å². The number of benzene rings is 1. The van der Waals surface area contributed by atoms with Crippen molar-refractivity contribution in [3.05, 3.63) is 59.2 Å². The third-order valence-corrected chi connectivity index (χ3v) is 4.82. The van der Waals surface area contributed by atoms with Gasteiger partial charge in [0.15, 0.2) is 11.7 Å². The van der Waals surface area contributed by atoms with Gasteiger partial charge in [0.05, 0.1) is 11.7 Å². The first-order valence-electron chi connectivity index (χ1n) is 8.64. The summed E-state index contributed by atoms with van der Waals surface area (Å²) in [5.74, 6) is -1.04. The topological polar surface area (TPSA) is 97.6 Å². The van der Waals surface area contributed by atoms with Gasteiger partial charge in [-0.25, -0.2) is 4.68 Å². The quantitative estimate of drug-likeness (QED) is 0.488. The minimum absolute atomic E-state index is 0.00586. The van der Waals surface area contributed by atoms with Crippen LogP contribution in [-0.2, 0) is 9.78 Å². The Morgan fingerprint density at radius 3 is 2.83 bits per heavy atom. The van der Waals surface area contributed by atoms with E-state index in [0.29, 0.717) is 5.57 Å². The maximum Gasteiger partial charge on any atom is 0.410 e. The molecular formula is C18H14ClF3N4O4. The average Bonchev–Trinajstić information content (AvgIpc) is 3.14. The Balaban J connectivity index is 1.64. The van der Waals surface area contributed by atoms with Gasteiger partial charge in [-0.05, 0) is 24.3 Å². The van der Waals surface area contributed by atoms with Crippen molar-refractivity contribution in [2.24, 2.45) is 0 Å². The van der Waals surface area contributed by atoms with Crippen molar-refractivity contribution < 1.29 is 32.8 Å². The molecule has 2 unspecified atom stereocenters. The molecule has 30 heavy (non-hydrogen) atoms. The molecule has 0 aliphatic carbocycles. The van der Waals surface area contributed by atoms with E-state index in [1.807, 2.05) is 0 Å². The third kappa shape index (κ3) is 3.88. The number of carbonyl (C=O) groups is 1. The molecular weight excluding hydrogens is 429 g/mol. The molecule has 12 heteroatoms. The molecule has 3 N–H and O–H groups in total. The highest BCUT2D eigenvalue weighted by Gasteiger charge is 2.47. The largest absolute Gasteiger partial charge is 0.506 e. The van der Waals surface area contributed by atoms with Crippen LogP contribution in [0.2, 0.25) is 5.02 Å². The lowest BCUT2D eigenvalue weighted by Gasteiger charge is -2.33. The number of rotatable bonds is 3. The van der Waals surface area contributed by atoms with E-state index in [9.17, 15) is 23.1 Å². The Morgan fingerprint density at radius 2 is 2.13 bits per heavy atom. The van der Waals surface area contributed by atoms with Crippen molar-refractivity contribution in [1.29, 1.82) is 0 Å². The minimum Gasteiger partial charge on any atom is -0.506 e. The summed E-state index contributed by atoms with van der Waals surface area (Å²) in [6.45, 7) is 0. The highest BCUT2D eigenvalue weighted by Crippen LogP contribution is 2.41. The maximum absolute atomic E-state index is 13.7. The normalized spacial score (nSPS) is 20.3. The van der Waals surface area contributed by atoms with Crippen molar-refractivity contribution in [3.8, 4) is 5.75 Å². The van der Waals surface area contributed by atoms with E-state index in [4.69, 9.17) is 11.6 Å². The van der Waals surface area contributed by atoms with Gasteiger partial charge < -0.3 is 15.7 Å². The molecule has 0 bridgehead atoms. The summed E-state index contributed by atoms with van der Waals surface area (Å²) in [5.41, 5.74) is 0.184. The highest BCUT2D eigenvalue weighted by atomic mass is 35.5. The standard InChI is InChI=1S/C18H14ClF3N4O4/c19-10-1-2-14(27)12(5-10)24-17(28)13-7-16-23-11(9-3-4-29-30-8-9)6-15(18(20,21)22)26(16)25-13/h1-5,7-8,11,15,23,27H,6H2,(H,24,28). The highest BCUT2D eigenvalue weighted by molar-refractivity contribution is 6.31. The summed E-state index contributed by atoms with van der Waals surface area (Å²) in [6, 6.07) is 2.50. The number of alkyl halides is 3. The molecule has 8 nitrogen and oxygen atoms in total. The van der Waals surface area contributed by atoms with Gasteiger partial charge in [0.1, 0.15) is 24.1 Å². The van der Waals surface area contributed by atoms with Gasteiger partial charge in [-0.15, -0.1) is 0 Å². The second-order valence-corrected chi connectivity index (χ2v) is 7.01. The maximum atomic E-state index is 13.7. The molecule has 0 spiro atoms. The van der Waals surface area contributed by atoms with Gasteiger partial charge >= 0.3 is 6.18 Å². The molecule has 2 aromatic rings. The predicted molar refractivity (Wildman–Crippen MR) is 99.8 cm³/mol. The smallest absolute Gasteiger partial charge is 0.410 e. The van der Waals surface area contributed by atoms with Crippen molar-refractivity contribution in [2.75, 3.05) is 10.6 Å². The molecule has 4 rings (SSSR count). The van der Waals surface area contributed by atoms with Crippen molar-refractivity contribution in [1.82, 2.24) is 9.78 Å². The lowest BCUT2D eigenvalue weighted by atomic mass is 9.97. The molecule has 3 heterocycles. The van der Waals surface area contributed by atoms with Gasteiger partial charge in [-0.2, -0.15) is 18.3 Å². The minimum atomic E-state index is -4.60. The fraction of sp³-hybridized carbons (Fsp3) is 0.222. The zero-order chi connectivity index (χ0) is 21.5. The first-order valence-corrected chi connectivity index (χ1v) is 9.01. The van der Waals surface area contributed by atoms with Gasteiger partial charge in [-0.1, -0.05) is 11.6 Å². The van der Waals surface area contributed by atoms with Gasteiger partial charge in [0.25, 0.3) is 5.91 Å². The van der Waals surface area contributed by atoms with Crippen LogP contribution in [-0.4, -0.2) is 33.0 Å². The van der Waals surface area contributed by atoms with Crippen LogP contribution in [0.3, 0.4) is 0 Å². The number of phenols is 1. The van der Waals surface area contributed by atoms with Crippen LogP contribution < -0.4 is 10.6 Å². The monoisotopic (exact) mass is 442 g/mol. The number of aromatic nitrogens is 2. The Kier molecular flexibility index (Phi) is 4.98. The van der Waals surface area contributed by atoms with Crippen molar-refractivity contribution >= 4 is 29.0 Å². The Hall–Kier alpha value is -3.34. The van der Waals surface area contributed by atoms with Gasteiger partial charge in [0, 0.05) is 23.1 Å². The molecule has 2 aliphatic heterocycles. The predicted octanol–water partition coefficient (Wildman–Crippen LogP) is 4.14. The van der Waals surface area contributed by atoms with Crippen LogP contribution in [0.4, 0.5) is 24.7 Å². The number of aromatic hydroxyl groups is 1. The van der Waals surface area contributed by atoms with E-state index in [1.165, 1.54) is 42.9 Å². The zero-order valence-electron chi connectivity index (χ0n) is 15.0. The van der Waals surface area contributed by atoms with Crippen LogP contribution in [0.15, 0.2) is 48.4 Å². The van der Waals surface area contributed by atoms with Crippen LogP contribution in [0, 0.1) is 0 Å². The summed E-state index contributed by atoms with van der Waals surface area (Å²) in [5, 5.41) is 19.2. The summed E-state index contributed by atoms with van der Waals surface area (Å²) >= 11 is 5.84. The Bertz CT molecular complexity index is 1050. The molecule has 158 valence electrons. The van der Waals surface area contributed by atoms with Gasteiger partial charge in [-0.3, -0.25) is 14.6 Å². The van der Waals surface area contributed by atoms with E-state index in [0.717, 1.165) is 4.68 Å². The summed E-state index contributed by atoms with van der Waals surface area (Å²) in [4.78, 5) is 21.8. The number of hydrogen-bond donors (Lipinski definition) is 3. The fourth-order valence-corrected chi connectivity index (χ4v) is 3.33. The van der Waals surface area contributed by atoms with Crippen LogP contribution in [0.25, 0.3) is 0 Å². The number of anilines is 2. The average molecular weight is 443 g/mol. The van der Waals surface area contributed by atoms with E-state index < -0.39 is 24.2 Å². The Morgan fingerprint density at radius 1 is 1.33 bits per heavy atom. The molecule has 0 saturated carbocycles. The first-order chi connectivity index (χ1) is 14.2. The number of hydrogen-bond acceptors (Lipinski definition) is 6. The van der Waals surface area contributed by atoms with Crippen LogP contribution in [0.5, 0.6) is 5.75 Å². The number of fused-ring (bicyclic) bond motifs is 1. The molecule has 0 fully saturated rings. The number of phenolic OH excluding ortho intramolecular Hbond substituents is 1. The summed E-state index contributed by atoms with van der Waals surface area (Å²) in [7, 11) is 0. The molecule has 2 atom stereocenters. The number of carbonyl (C=O) groups excluding carboxylic acids is 1. The lowest BCUT2D eigenvalue weighted by Crippen LogP contribution is -2.40. The number of nitrogens with zero attached hydrogens (tertiary/aromatic N) is 2. The van der Waals surface area contributed by atoms with E-state index in [2.05, 4.69) is 25.5 Å². The summed E-state index contributed by atoms with van der Waals surface area (Å²) < 4.78 is 41.8. The summed E-state index contributed by atoms with van der Waals surface area (Å²) in [6.07, 6.45) is -1.07. The molecule has 1 aromatic heterocycles. The molecule has 1 amide bonds. The SMILES string of the molecule is O=C(Nc1cc(Cl)ccc1O)c1cc2n(n1)C(C(F)(F)F)CC(C1=COOC=C1)N2. The number of halogens is 4.